The normalized spacial score (nSPS) is 12.9. The molecule has 0 saturated heterocycles. The van der Waals surface area contributed by atoms with Crippen LogP contribution in [-0.2, 0) is 6.42 Å². The van der Waals surface area contributed by atoms with Gasteiger partial charge in [0.15, 0.2) is 11.6 Å². The van der Waals surface area contributed by atoms with Crippen LogP contribution >= 0.6 is 0 Å². The Kier molecular flexibility index (Phi) is 12.1. The third kappa shape index (κ3) is 8.41. The van der Waals surface area contributed by atoms with Gasteiger partial charge in [0.1, 0.15) is 11.4 Å². The number of nitrogens with one attached hydrogen (secondary N) is 4. The van der Waals surface area contributed by atoms with Crippen LogP contribution in [0.3, 0.4) is 0 Å². The summed E-state index contributed by atoms with van der Waals surface area (Å²) in [6.07, 6.45) is 17.3. The summed E-state index contributed by atoms with van der Waals surface area (Å²) in [5.74, 6) is 1.31. The summed E-state index contributed by atoms with van der Waals surface area (Å²) >= 11 is 0. The molecule has 0 aliphatic heterocycles. The highest BCUT2D eigenvalue weighted by atomic mass is 15.0. The van der Waals surface area contributed by atoms with E-state index in [-0.39, 0.29) is 0 Å². The van der Waals surface area contributed by atoms with Gasteiger partial charge in [0, 0.05) is 25.2 Å². The minimum absolute atomic E-state index is 0.624. The fraction of sp³-hybridized carbons (Fsp3) is 0.209. The summed E-state index contributed by atoms with van der Waals surface area (Å²) < 4.78 is 0. The number of aromatic nitrogens is 4. The largest absolute Gasteiger partial charge is 0.387 e. The first kappa shape index (κ1) is 36.3. The molecule has 0 bridgehead atoms. The molecule has 6 rings (SSSR count). The number of benzene rings is 2. The Morgan fingerprint density at radius 1 is 0.725 bits per heavy atom. The zero-order valence-electron chi connectivity index (χ0n) is 30.2. The van der Waals surface area contributed by atoms with Gasteiger partial charge in [-0.15, -0.1) is 0 Å². The second kappa shape index (κ2) is 17.1. The molecule has 2 aliphatic rings. The first-order chi connectivity index (χ1) is 24.8. The number of anilines is 2. The third-order valence-electron chi connectivity index (χ3n) is 8.79. The van der Waals surface area contributed by atoms with Gasteiger partial charge in [-0.25, -0.2) is 19.9 Å². The highest BCUT2D eigenvalue weighted by Gasteiger charge is 2.22. The van der Waals surface area contributed by atoms with Gasteiger partial charge < -0.3 is 21.3 Å². The molecule has 0 radical (unpaired) electrons. The molecule has 2 aromatic carbocycles. The molecule has 0 saturated carbocycles. The van der Waals surface area contributed by atoms with Gasteiger partial charge in [0.05, 0.1) is 34.2 Å². The molecule has 0 atom stereocenters. The number of hydrogen-bond acceptors (Lipinski definition) is 8. The molecule has 0 amide bonds. The van der Waals surface area contributed by atoms with Crippen LogP contribution in [0.1, 0.15) is 66.5 Å². The predicted molar refractivity (Wildman–Crippen MR) is 216 cm³/mol. The van der Waals surface area contributed by atoms with Crippen LogP contribution in [0.5, 0.6) is 0 Å². The molecule has 0 spiro atoms. The highest BCUT2D eigenvalue weighted by Crippen LogP contribution is 2.36. The Morgan fingerprint density at radius 3 is 1.76 bits per heavy atom. The summed E-state index contributed by atoms with van der Waals surface area (Å²) in [6, 6.07) is 16.8. The van der Waals surface area contributed by atoms with E-state index >= 15 is 0 Å². The molecule has 2 aromatic heterocycles. The van der Waals surface area contributed by atoms with Crippen LogP contribution in [0.2, 0.25) is 0 Å². The second-order valence-electron chi connectivity index (χ2n) is 12.2. The van der Waals surface area contributed by atoms with Crippen molar-refractivity contribution in [1.29, 1.82) is 0 Å². The number of rotatable bonds is 13. The maximum Gasteiger partial charge on any atom is 0.158 e. The van der Waals surface area contributed by atoms with Gasteiger partial charge in [0.25, 0.3) is 0 Å². The van der Waals surface area contributed by atoms with Crippen LogP contribution in [0, 0.1) is 6.92 Å². The minimum Gasteiger partial charge on any atom is -0.387 e. The molecule has 8 nitrogen and oxygen atoms in total. The van der Waals surface area contributed by atoms with Crippen LogP contribution < -0.4 is 21.3 Å². The van der Waals surface area contributed by atoms with E-state index in [1.54, 1.807) is 12.4 Å². The lowest BCUT2D eigenvalue weighted by Gasteiger charge is -2.16. The van der Waals surface area contributed by atoms with Gasteiger partial charge >= 0.3 is 0 Å². The molecule has 0 unspecified atom stereocenters. The lowest BCUT2D eigenvalue weighted by Crippen LogP contribution is -2.12. The Balaban J connectivity index is 0.000000201. The molecule has 4 aromatic rings. The topological polar surface area (TPSA) is 99.7 Å². The van der Waals surface area contributed by atoms with E-state index in [1.807, 2.05) is 14.1 Å². The summed E-state index contributed by atoms with van der Waals surface area (Å²) in [5.41, 5.74) is 13.3. The van der Waals surface area contributed by atoms with Gasteiger partial charge in [-0.2, -0.15) is 0 Å². The maximum atomic E-state index is 4.95. The van der Waals surface area contributed by atoms with Crippen molar-refractivity contribution in [1.82, 2.24) is 30.6 Å². The summed E-state index contributed by atoms with van der Waals surface area (Å²) in [4.78, 5) is 19.6. The number of allylic oxidation sites excluding steroid dienone is 6. The molecule has 51 heavy (non-hydrogen) atoms. The van der Waals surface area contributed by atoms with E-state index in [2.05, 4.69) is 134 Å². The fourth-order valence-electron chi connectivity index (χ4n) is 5.88. The van der Waals surface area contributed by atoms with Crippen molar-refractivity contribution in [2.75, 3.05) is 24.7 Å². The lowest BCUT2D eigenvalue weighted by atomic mass is 10.0. The van der Waals surface area contributed by atoms with Crippen molar-refractivity contribution in [3.8, 4) is 22.5 Å². The van der Waals surface area contributed by atoms with E-state index in [1.165, 1.54) is 23.1 Å². The SMILES string of the molecule is C=CNc1nc(-c2ccc(C)cc2)c(-c2ccc(CC)cc2)nc1C(=C)NC.C=CNc1nc(C2=CCCC2)c(C2=CCC=C2)nc1C(=C)NC. The molecule has 8 heteroatoms. The van der Waals surface area contributed by atoms with Crippen LogP contribution in [-0.4, -0.2) is 34.0 Å². The van der Waals surface area contributed by atoms with E-state index in [4.69, 9.17) is 19.9 Å². The van der Waals surface area contributed by atoms with E-state index in [9.17, 15) is 0 Å². The predicted octanol–water partition coefficient (Wildman–Crippen LogP) is 9.56. The Bertz CT molecular complexity index is 2010. The maximum absolute atomic E-state index is 4.95. The van der Waals surface area contributed by atoms with Crippen molar-refractivity contribution in [2.45, 2.75) is 46.0 Å². The minimum atomic E-state index is 0.624. The van der Waals surface area contributed by atoms with Crippen molar-refractivity contribution in [2.24, 2.45) is 0 Å². The molecular formula is C43H48N8. The first-order valence-electron chi connectivity index (χ1n) is 17.4. The zero-order valence-corrected chi connectivity index (χ0v) is 30.2. The average molecular weight is 677 g/mol. The monoisotopic (exact) mass is 676 g/mol. The Hall–Kier alpha value is -6.02. The van der Waals surface area contributed by atoms with Crippen LogP contribution in [0.25, 0.3) is 45.1 Å². The van der Waals surface area contributed by atoms with Gasteiger partial charge in [-0.1, -0.05) is 112 Å². The number of aryl methyl sites for hydroxylation is 2. The molecule has 0 fully saturated rings. The number of nitrogens with zero attached hydrogens (tertiary/aromatic N) is 4. The van der Waals surface area contributed by atoms with E-state index in [0.29, 0.717) is 23.0 Å². The quantitative estimate of drug-likeness (QED) is 0.111. The van der Waals surface area contributed by atoms with E-state index < -0.39 is 0 Å². The summed E-state index contributed by atoms with van der Waals surface area (Å²) in [7, 11) is 3.66. The van der Waals surface area contributed by atoms with Gasteiger partial charge in [-0.05, 0) is 68.1 Å². The molecule has 260 valence electrons. The van der Waals surface area contributed by atoms with Gasteiger partial charge in [0.2, 0.25) is 0 Å². The Labute approximate surface area is 302 Å². The van der Waals surface area contributed by atoms with Crippen molar-refractivity contribution < 1.29 is 0 Å². The Morgan fingerprint density at radius 2 is 1.27 bits per heavy atom. The fourth-order valence-corrected chi connectivity index (χ4v) is 5.88. The first-order valence-corrected chi connectivity index (χ1v) is 17.4. The average Bonchev–Trinajstić information content (AvgIpc) is 3.91. The smallest absolute Gasteiger partial charge is 0.158 e. The van der Waals surface area contributed by atoms with Crippen LogP contribution in [0.4, 0.5) is 11.6 Å². The second-order valence-corrected chi connectivity index (χ2v) is 12.2. The zero-order chi connectivity index (χ0) is 36.3. The highest BCUT2D eigenvalue weighted by molar-refractivity contribution is 5.85. The standard InChI is InChI=1S/C24H26N4.C19H22N4/c1-6-18-10-14-20(15-11-18)22-23(19-12-8-16(3)9-13-19)28-24(26-7-2)21(27-22)17(4)25-5;1-4-21-19-16(13(2)20-3)22-17(14-9-5-6-10-14)18(23-19)15-11-7-8-12-15/h7-15,25H,2,4,6H2,1,3,5H3,(H,26,28);4-5,9-11,20H,1-2,6-8,12H2,3H3,(H,21,23). The summed E-state index contributed by atoms with van der Waals surface area (Å²) in [5, 5.41) is 12.3. The van der Waals surface area contributed by atoms with Crippen LogP contribution in [0.15, 0.2) is 112 Å². The van der Waals surface area contributed by atoms with E-state index in [0.717, 1.165) is 76.5 Å². The number of hydrogen-bond donors (Lipinski definition) is 4. The summed E-state index contributed by atoms with van der Waals surface area (Å²) in [6.45, 7) is 19.9. The van der Waals surface area contributed by atoms with Gasteiger partial charge in [-0.3, -0.25) is 0 Å². The molecule has 2 aliphatic carbocycles. The van der Waals surface area contributed by atoms with Crippen molar-refractivity contribution in [3.05, 3.63) is 145 Å². The molecule has 4 N–H and O–H groups in total. The van der Waals surface area contributed by atoms with Crippen molar-refractivity contribution >= 4 is 34.2 Å². The third-order valence-corrected chi connectivity index (χ3v) is 8.79. The van der Waals surface area contributed by atoms with Crippen molar-refractivity contribution in [3.63, 3.8) is 0 Å². The molecule has 2 heterocycles. The molecular weight excluding hydrogens is 629 g/mol. The lowest BCUT2D eigenvalue weighted by molar-refractivity contribution is 0.930.